The third kappa shape index (κ3) is 4.52. The number of esters is 1. The lowest BCUT2D eigenvalue weighted by Crippen LogP contribution is -2.54. The normalized spacial score (nSPS) is 50.8. The number of carbonyl (C=O) groups excluding carboxylic acids is 1. The molecule has 6 fully saturated rings. The van der Waals surface area contributed by atoms with Gasteiger partial charge in [0.2, 0.25) is 0 Å². The second kappa shape index (κ2) is 9.66. The summed E-state index contributed by atoms with van der Waals surface area (Å²) in [6.07, 6.45) is 6.70. The second-order valence-electron chi connectivity index (χ2n) is 16.5. The van der Waals surface area contributed by atoms with Gasteiger partial charge in [-0.3, -0.25) is 4.79 Å². The summed E-state index contributed by atoms with van der Waals surface area (Å²) >= 11 is 0. The van der Waals surface area contributed by atoms with Crippen molar-refractivity contribution in [3.8, 4) is 0 Å². The lowest BCUT2D eigenvalue weighted by molar-refractivity contribution is -0.158. The smallest absolute Gasteiger partial charge is 0.309 e. The molecule has 0 aromatic rings. The van der Waals surface area contributed by atoms with Crippen LogP contribution in [0, 0.1) is 58.2 Å². The van der Waals surface area contributed by atoms with E-state index in [2.05, 4.69) is 55.4 Å². The fourth-order valence-electron chi connectivity index (χ4n) is 10.9. The molecule has 3 saturated heterocycles. The quantitative estimate of drug-likeness (QED) is 0.346. The number of hydrogen-bond acceptors (Lipinski definition) is 6. The van der Waals surface area contributed by atoms with Crippen molar-refractivity contribution in [2.45, 2.75) is 144 Å². The zero-order chi connectivity index (χ0) is 29.0. The van der Waals surface area contributed by atoms with Crippen LogP contribution in [0.15, 0.2) is 0 Å². The predicted octanol–water partition coefficient (Wildman–Crippen LogP) is 6.99. The number of hydrogen-bond donors (Lipinski definition) is 0. The largest absolute Gasteiger partial charge is 0.465 e. The molecule has 6 nitrogen and oxygen atoms in total. The molecule has 0 radical (unpaired) electrons. The highest BCUT2D eigenvalue weighted by atomic mass is 16.8. The van der Waals surface area contributed by atoms with Crippen LogP contribution < -0.4 is 0 Å². The van der Waals surface area contributed by atoms with Crippen molar-refractivity contribution in [2.24, 2.45) is 58.2 Å². The van der Waals surface area contributed by atoms with Gasteiger partial charge in [-0.15, -0.1) is 0 Å². The fraction of sp³-hybridized carbons (Fsp3) is 0.971. The van der Waals surface area contributed by atoms with E-state index in [1.54, 1.807) is 0 Å². The maximum atomic E-state index is 13.5. The van der Waals surface area contributed by atoms with Crippen LogP contribution in [0.2, 0.25) is 0 Å². The van der Waals surface area contributed by atoms with Gasteiger partial charge in [0.05, 0.1) is 36.9 Å². The van der Waals surface area contributed by atoms with E-state index in [9.17, 15) is 4.79 Å². The molecule has 3 saturated carbocycles. The van der Waals surface area contributed by atoms with Gasteiger partial charge in [0.25, 0.3) is 0 Å². The fourth-order valence-corrected chi connectivity index (χ4v) is 10.9. The van der Waals surface area contributed by atoms with Gasteiger partial charge >= 0.3 is 5.97 Å². The molecule has 0 aromatic heterocycles. The lowest BCUT2D eigenvalue weighted by atomic mass is 9.48. The number of rotatable bonds is 4. The first-order valence-corrected chi connectivity index (χ1v) is 16.4. The molecular formula is C34H56O6. The Morgan fingerprint density at radius 1 is 0.750 bits per heavy atom. The Morgan fingerprint density at radius 2 is 1.38 bits per heavy atom. The van der Waals surface area contributed by atoms with Gasteiger partial charge in [-0.25, -0.2) is 0 Å². The minimum absolute atomic E-state index is 0.00229. The summed E-state index contributed by atoms with van der Waals surface area (Å²) in [6, 6.07) is 0. The van der Waals surface area contributed by atoms with E-state index >= 15 is 0 Å². The first-order chi connectivity index (χ1) is 18.6. The Hall–Kier alpha value is -0.690. The number of cyclic esters (lactones) is 1. The van der Waals surface area contributed by atoms with Crippen LogP contribution in [0.5, 0.6) is 0 Å². The maximum absolute atomic E-state index is 13.5. The molecule has 0 bridgehead atoms. The zero-order valence-electron chi connectivity index (χ0n) is 26.8. The molecule has 3 aliphatic carbocycles. The number of carbonyl (C=O) groups is 1. The molecule has 40 heavy (non-hydrogen) atoms. The van der Waals surface area contributed by atoms with Crippen molar-refractivity contribution in [1.82, 2.24) is 0 Å². The summed E-state index contributed by atoms with van der Waals surface area (Å²) in [5.41, 5.74) is 0.107. The van der Waals surface area contributed by atoms with Crippen molar-refractivity contribution in [1.29, 1.82) is 0 Å². The lowest BCUT2D eigenvalue weighted by Gasteiger charge is -2.56. The van der Waals surface area contributed by atoms with E-state index in [0.29, 0.717) is 48.0 Å². The molecule has 6 rings (SSSR count). The molecule has 13 atom stereocenters. The predicted molar refractivity (Wildman–Crippen MR) is 153 cm³/mol. The Kier molecular flexibility index (Phi) is 7.09. The van der Waals surface area contributed by atoms with E-state index in [0.717, 1.165) is 19.3 Å². The van der Waals surface area contributed by atoms with Gasteiger partial charge in [0.15, 0.2) is 11.6 Å². The van der Waals surface area contributed by atoms with E-state index in [1.807, 2.05) is 13.8 Å². The van der Waals surface area contributed by atoms with Crippen LogP contribution in [0.3, 0.4) is 0 Å². The van der Waals surface area contributed by atoms with Crippen LogP contribution in [0.25, 0.3) is 0 Å². The molecule has 228 valence electrons. The van der Waals surface area contributed by atoms with Crippen molar-refractivity contribution < 1.29 is 28.5 Å². The van der Waals surface area contributed by atoms with Crippen LogP contribution in [0.1, 0.15) is 108 Å². The van der Waals surface area contributed by atoms with Crippen molar-refractivity contribution in [3.05, 3.63) is 0 Å². The van der Waals surface area contributed by atoms with E-state index in [-0.39, 0.29) is 47.1 Å². The van der Waals surface area contributed by atoms with Gasteiger partial charge in [-0.2, -0.15) is 0 Å². The van der Waals surface area contributed by atoms with Crippen molar-refractivity contribution >= 4 is 5.97 Å². The Bertz CT molecular complexity index is 991. The minimum Gasteiger partial charge on any atom is -0.465 e. The van der Waals surface area contributed by atoms with Crippen molar-refractivity contribution in [3.63, 3.8) is 0 Å². The van der Waals surface area contributed by atoms with Crippen LogP contribution in [0.4, 0.5) is 0 Å². The van der Waals surface area contributed by atoms with Gasteiger partial charge in [-0.1, -0.05) is 41.5 Å². The SMILES string of the molecule is CC(C)[C@@H](C)[C@H]1OC(C)(C)O[C@@H]1[C@@H](C)[C@H]1CC[C@H]2[C@@H]3COC(=O)[C@H]4C[C@@H]5OC(C)(C)O[C@@H]5C[C@]4(C)[C@H]3CC[C@]12C. The number of ether oxygens (including phenoxy) is 5. The van der Waals surface area contributed by atoms with Crippen molar-refractivity contribution in [2.75, 3.05) is 6.61 Å². The maximum Gasteiger partial charge on any atom is 0.309 e. The summed E-state index contributed by atoms with van der Waals surface area (Å²) in [5, 5.41) is 0. The molecule has 0 unspecified atom stereocenters. The highest BCUT2D eigenvalue weighted by Gasteiger charge is 2.65. The van der Waals surface area contributed by atoms with E-state index < -0.39 is 11.6 Å². The summed E-state index contributed by atoms with van der Waals surface area (Å²) in [7, 11) is 0. The molecule has 3 aliphatic heterocycles. The third-order valence-electron chi connectivity index (χ3n) is 13.1. The average molecular weight is 561 g/mol. The first kappa shape index (κ1) is 29.4. The Balaban J connectivity index is 1.26. The van der Waals surface area contributed by atoms with Crippen LogP contribution in [-0.4, -0.2) is 48.6 Å². The standard InChI is InChI=1S/C34H56O6/c1-18(2)19(3)28-29(40-32(7,8)39-28)20(4)22-11-12-23-21-17-36-30(35)25-15-26-27(38-31(5,6)37-26)16-34(25,10)24(21)13-14-33(22,23)9/h18-29H,11-17H2,1-10H3/t19-,20+,21+,22-,23+,24+,25-,26+,27-,28-,29-,33-,34-/m1/s1. The van der Waals surface area contributed by atoms with E-state index in [4.69, 9.17) is 23.7 Å². The summed E-state index contributed by atoms with van der Waals surface area (Å²) < 4.78 is 32.1. The molecule has 6 aliphatic rings. The summed E-state index contributed by atoms with van der Waals surface area (Å²) in [4.78, 5) is 13.5. The summed E-state index contributed by atoms with van der Waals surface area (Å²) in [6.45, 7) is 23.0. The van der Waals surface area contributed by atoms with Crippen LogP contribution >= 0.6 is 0 Å². The molecule has 0 amide bonds. The number of fused-ring (bicyclic) bond motifs is 6. The van der Waals surface area contributed by atoms with Gasteiger partial charge in [0.1, 0.15) is 0 Å². The van der Waals surface area contributed by atoms with Crippen LogP contribution in [-0.2, 0) is 28.5 Å². The highest BCUT2D eigenvalue weighted by Crippen LogP contribution is 2.67. The first-order valence-electron chi connectivity index (χ1n) is 16.4. The monoisotopic (exact) mass is 560 g/mol. The Morgan fingerprint density at radius 3 is 2.08 bits per heavy atom. The average Bonchev–Trinajstić information content (AvgIpc) is 3.46. The summed E-state index contributed by atoms with van der Waals surface area (Å²) in [5.74, 6) is 2.20. The second-order valence-corrected chi connectivity index (χ2v) is 16.5. The third-order valence-corrected chi connectivity index (χ3v) is 13.1. The molecule has 6 heteroatoms. The molecule has 3 heterocycles. The van der Waals surface area contributed by atoms with E-state index in [1.165, 1.54) is 19.3 Å². The van der Waals surface area contributed by atoms with Gasteiger partial charge < -0.3 is 23.7 Å². The Labute approximate surface area is 242 Å². The molecular weight excluding hydrogens is 504 g/mol. The zero-order valence-corrected chi connectivity index (χ0v) is 26.8. The molecule has 0 aromatic carbocycles. The molecule has 0 spiro atoms. The van der Waals surface area contributed by atoms with Gasteiger partial charge in [0, 0.05) is 0 Å². The topological polar surface area (TPSA) is 63.2 Å². The molecule has 0 N–H and O–H groups in total. The van der Waals surface area contributed by atoms with Gasteiger partial charge in [-0.05, 0) is 118 Å². The highest BCUT2D eigenvalue weighted by molar-refractivity contribution is 5.74. The minimum atomic E-state index is -0.579.